The zero-order valence-corrected chi connectivity index (χ0v) is 8.33. The van der Waals surface area contributed by atoms with Crippen molar-refractivity contribution in [3.05, 3.63) is 0 Å². The number of ether oxygens (including phenoxy) is 1. The van der Waals surface area contributed by atoms with Crippen LogP contribution in [0.25, 0.3) is 0 Å². The zero-order valence-electron chi connectivity index (χ0n) is 8.33. The predicted octanol–water partition coefficient (Wildman–Crippen LogP) is 0.480. The number of likely N-dealkylation sites (tertiary alicyclic amines) is 1. The summed E-state index contributed by atoms with van der Waals surface area (Å²) >= 11 is 0. The molecule has 0 aliphatic carbocycles. The van der Waals surface area contributed by atoms with E-state index in [9.17, 15) is 5.11 Å². The second kappa shape index (κ2) is 3.56. The van der Waals surface area contributed by atoms with Gasteiger partial charge in [0.25, 0.3) is 0 Å². The third-order valence-corrected chi connectivity index (χ3v) is 3.54. The SMILES string of the molecule is CN1CCC(O)(C2CCOC2)CC1. The summed E-state index contributed by atoms with van der Waals surface area (Å²) < 4.78 is 5.33. The van der Waals surface area contributed by atoms with E-state index < -0.39 is 5.60 Å². The largest absolute Gasteiger partial charge is 0.389 e. The van der Waals surface area contributed by atoms with Crippen LogP contribution in [0.1, 0.15) is 19.3 Å². The van der Waals surface area contributed by atoms with Crippen LogP contribution >= 0.6 is 0 Å². The van der Waals surface area contributed by atoms with Crippen LogP contribution in [0.3, 0.4) is 0 Å². The first-order chi connectivity index (χ1) is 6.21. The second-order valence-corrected chi connectivity index (χ2v) is 4.47. The lowest BCUT2D eigenvalue weighted by atomic mass is 9.79. The van der Waals surface area contributed by atoms with Gasteiger partial charge in [-0.05, 0) is 26.3 Å². The molecule has 0 aromatic carbocycles. The molecular formula is C10H19NO2. The smallest absolute Gasteiger partial charge is 0.0723 e. The fraction of sp³-hybridized carbons (Fsp3) is 1.00. The Kier molecular flexibility index (Phi) is 2.58. The highest BCUT2D eigenvalue weighted by molar-refractivity contribution is 4.92. The Bertz CT molecular complexity index is 170. The quantitative estimate of drug-likeness (QED) is 0.645. The number of nitrogens with zero attached hydrogens (tertiary/aromatic N) is 1. The van der Waals surface area contributed by atoms with E-state index in [1.54, 1.807) is 0 Å². The number of rotatable bonds is 1. The van der Waals surface area contributed by atoms with Crippen LogP contribution in [0.15, 0.2) is 0 Å². The van der Waals surface area contributed by atoms with E-state index in [0.29, 0.717) is 5.92 Å². The van der Waals surface area contributed by atoms with E-state index in [4.69, 9.17) is 4.74 Å². The Balaban J connectivity index is 1.95. The maximum atomic E-state index is 10.4. The van der Waals surface area contributed by atoms with Crippen molar-refractivity contribution < 1.29 is 9.84 Å². The summed E-state index contributed by atoms with van der Waals surface area (Å²) in [6.45, 7) is 3.64. The number of hydrogen-bond acceptors (Lipinski definition) is 3. The molecule has 0 spiro atoms. The molecule has 0 aromatic heterocycles. The lowest BCUT2D eigenvalue weighted by Crippen LogP contribution is -2.47. The molecule has 0 bridgehead atoms. The van der Waals surface area contributed by atoms with E-state index in [-0.39, 0.29) is 0 Å². The summed E-state index contributed by atoms with van der Waals surface area (Å²) in [6.07, 6.45) is 2.87. The summed E-state index contributed by atoms with van der Waals surface area (Å²) in [5.41, 5.74) is -0.428. The van der Waals surface area contributed by atoms with Crippen molar-refractivity contribution in [1.29, 1.82) is 0 Å². The molecule has 2 rings (SSSR count). The third-order valence-electron chi connectivity index (χ3n) is 3.54. The van der Waals surface area contributed by atoms with Gasteiger partial charge in [-0.15, -0.1) is 0 Å². The van der Waals surface area contributed by atoms with E-state index in [1.807, 2.05) is 0 Å². The van der Waals surface area contributed by atoms with Gasteiger partial charge < -0.3 is 14.7 Å². The van der Waals surface area contributed by atoms with Gasteiger partial charge in [0, 0.05) is 25.6 Å². The molecule has 2 aliphatic heterocycles. The maximum Gasteiger partial charge on any atom is 0.0723 e. The van der Waals surface area contributed by atoms with E-state index in [1.165, 1.54) is 0 Å². The molecule has 0 saturated carbocycles. The van der Waals surface area contributed by atoms with Crippen LogP contribution in [0.2, 0.25) is 0 Å². The third kappa shape index (κ3) is 1.87. The Morgan fingerprint density at radius 1 is 1.38 bits per heavy atom. The molecule has 2 heterocycles. The summed E-state index contributed by atoms with van der Waals surface area (Å²) in [7, 11) is 2.12. The molecule has 2 saturated heterocycles. The minimum atomic E-state index is -0.428. The first-order valence-electron chi connectivity index (χ1n) is 5.19. The Morgan fingerprint density at radius 2 is 2.08 bits per heavy atom. The Labute approximate surface area is 79.7 Å². The molecular weight excluding hydrogens is 166 g/mol. The molecule has 2 fully saturated rings. The van der Waals surface area contributed by atoms with Crippen molar-refractivity contribution in [2.75, 3.05) is 33.4 Å². The van der Waals surface area contributed by atoms with Crippen LogP contribution in [0, 0.1) is 5.92 Å². The van der Waals surface area contributed by atoms with Crippen molar-refractivity contribution in [2.24, 2.45) is 5.92 Å². The van der Waals surface area contributed by atoms with Gasteiger partial charge in [0.05, 0.1) is 12.2 Å². The van der Waals surface area contributed by atoms with Gasteiger partial charge in [0.15, 0.2) is 0 Å². The summed E-state index contributed by atoms with van der Waals surface area (Å²) in [5.74, 6) is 0.390. The van der Waals surface area contributed by atoms with Crippen LogP contribution in [-0.2, 0) is 4.74 Å². The predicted molar refractivity (Wildman–Crippen MR) is 50.6 cm³/mol. The van der Waals surface area contributed by atoms with Crippen LogP contribution < -0.4 is 0 Å². The van der Waals surface area contributed by atoms with Gasteiger partial charge >= 0.3 is 0 Å². The topological polar surface area (TPSA) is 32.7 Å². The monoisotopic (exact) mass is 185 g/mol. The fourth-order valence-corrected chi connectivity index (χ4v) is 2.37. The number of hydrogen-bond donors (Lipinski definition) is 1. The van der Waals surface area contributed by atoms with E-state index >= 15 is 0 Å². The average Bonchev–Trinajstić information content (AvgIpc) is 2.63. The molecule has 3 heteroatoms. The molecule has 13 heavy (non-hydrogen) atoms. The Morgan fingerprint density at radius 3 is 2.62 bits per heavy atom. The van der Waals surface area contributed by atoms with Crippen LogP contribution in [0.5, 0.6) is 0 Å². The van der Waals surface area contributed by atoms with E-state index in [0.717, 1.165) is 45.6 Å². The second-order valence-electron chi connectivity index (χ2n) is 4.47. The molecule has 1 atom stereocenters. The van der Waals surface area contributed by atoms with Crippen LogP contribution in [-0.4, -0.2) is 49.0 Å². The number of aliphatic hydroxyl groups is 1. The van der Waals surface area contributed by atoms with Crippen molar-refractivity contribution in [2.45, 2.75) is 24.9 Å². The lowest BCUT2D eigenvalue weighted by Gasteiger charge is -2.40. The molecule has 0 aromatic rings. The highest BCUT2D eigenvalue weighted by Gasteiger charge is 2.40. The molecule has 3 nitrogen and oxygen atoms in total. The minimum Gasteiger partial charge on any atom is -0.389 e. The summed E-state index contributed by atoms with van der Waals surface area (Å²) in [6, 6.07) is 0. The fourth-order valence-electron chi connectivity index (χ4n) is 2.37. The maximum absolute atomic E-state index is 10.4. The normalized spacial score (nSPS) is 35.1. The molecule has 0 amide bonds. The van der Waals surface area contributed by atoms with Crippen molar-refractivity contribution in [1.82, 2.24) is 4.90 Å². The molecule has 1 N–H and O–H groups in total. The molecule has 0 radical (unpaired) electrons. The van der Waals surface area contributed by atoms with Crippen molar-refractivity contribution in [3.63, 3.8) is 0 Å². The number of piperidine rings is 1. The highest BCUT2D eigenvalue weighted by atomic mass is 16.5. The molecule has 2 aliphatic rings. The van der Waals surface area contributed by atoms with Gasteiger partial charge in [0.1, 0.15) is 0 Å². The van der Waals surface area contributed by atoms with Crippen LogP contribution in [0.4, 0.5) is 0 Å². The van der Waals surface area contributed by atoms with Gasteiger partial charge in [-0.1, -0.05) is 0 Å². The van der Waals surface area contributed by atoms with Gasteiger partial charge in [-0.3, -0.25) is 0 Å². The Hall–Kier alpha value is -0.120. The highest BCUT2D eigenvalue weighted by Crippen LogP contribution is 2.34. The van der Waals surface area contributed by atoms with Gasteiger partial charge in [0.2, 0.25) is 0 Å². The minimum absolute atomic E-state index is 0.390. The average molecular weight is 185 g/mol. The summed E-state index contributed by atoms with van der Waals surface area (Å²) in [4.78, 5) is 2.28. The molecule has 76 valence electrons. The standard InChI is InChI=1S/C10H19NO2/c1-11-5-3-10(12,4-6-11)9-2-7-13-8-9/h9,12H,2-8H2,1H3. The zero-order chi connectivity index (χ0) is 9.31. The van der Waals surface area contributed by atoms with Crippen molar-refractivity contribution in [3.8, 4) is 0 Å². The lowest BCUT2D eigenvalue weighted by molar-refractivity contribution is -0.0643. The van der Waals surface area contributed by atoms with Gasteiger partial charge in [-0.2, -0.15) is 0 Å². The molecule has 1 unspecified atom stereocenters. The van der Waals surface area contributed by atoms with Crippen molar-refractivity contribution >= 4 is 0 Å². The first kappa shape index (κ1) is 9.44. The summed E-state index contributed by atoms with van der Waals surface area (Å²) in [5, 5.41) is 10.4. The first-order valence-corrected chi connectivity index (χ1v) is 5.19. The van der Waals surface area contributed by atoms with E-state index in [2.05, 4.69) is 11.9 Å². The van der Waals surface area contributed by atoms with Gasteiger partial charge in [-0.25, -0.2) is 0 Å².